The molecule has 202 valence electrons. The first-order valence-corrected chi connectivity index (χ1v) is 12.0. The second kappa shape index (κ2) is 10.2. The zero-order valence-electron chi connectivity index (χ0n) is 20.1. The molecule has 0 aliphatic carbocycles. The molecule has 2 heterocycles. The molecule has 13 heteroatoms. The lowest BCUT2D eigenvalue weighted by Crippen LogP contribution is -2.57. The molecule has 8 nitrogen and oxygen atoms in total. The molecule has 0 aromatic heterocycles. The van der Waals surface area contributed by atoms with Crippen molar-refractivity contribution >= 4 is 35.4 Å². The Morgan fingerprint density at radius 2 is 1.68 bits per heavy atom. The number of urea groups is 1. The van der Waals surface area contributed by atoms with Crippen LogP contribution in [0.25, 0.3) is 0 Å². The van der Waals surface area contributed by atoms with Gasteiger partial charge in [-0.3, -0.25) is 19.3 Å². The Morgan fingerprint density at radius 3 is 2.29 bits per heavy atom. The first kappa shape index (κ1) is 27.4. The lowest BCUT2D eigenvalue weighted by molar-refractivity contribution is -0.140. The van der Waals surface area contributed by atoms with Crippen LogP contribution in [0.2, 0.25) is 5.02 Å². The lowest BCUT2D eigenvalue weighted by Gasteiger charge is -2.42. The number of likely N-dealkylation sites (N-methyl/N-ethyl adjacent to an activating group) is 1. The number of alkyl halides is 3. The maximum Gasteiger partial charge on any atom is 0.416 e. The summed E-state index contributed by atoms with van der Waals surface area (Å²) in [6.07, 6.45) is -4.47. The summed E-state index contributed by atoms with van der Waals surface area (Å²) in [5, 5.41) is 2.68. The molecule has 0 saturated carbocycles. The van der Waals surface area contributed by atoms with E-state index in [1.807, 2.05) is 0 Å². The van der Waals surface area contributed by atoms with Gasteiger partial charge in [0.2, 0.25) is 5.91 Å². The number of likely N-dealkylation sites (tertiary alicyclic amines) is 1. The molecular weight excluding hydrogens is 532 g/mol. The van der Waals surface area contributed by atoms with Crippen molar-refractivity contribution in [2.24, 2.45) is 0 Å². The Hall–Kier alpha value is -3.67. The van der Waals surface area contributed by atoms with Crippen LogP contribution in [0.3, 0.4) is 0 Å². The van der Waals surface area contributed by atoms with Gasteiger partial charge in [0.1, 0.15) is 11.4 Å². The average Bonchev–Trinajstić information content (AvgIpc) is 3.04. The fraction of sp³-hybridized carbons (Fsp3) is 0.360. The SMILES string of the molecule is CN1C(=O)N(Cc2ccc(Cl)cc2)C2(CCN(C(=O)CNC(=O)c3cc(C(F)(F)F)ccc3F)CC2)C1=O. The minimum absolute atomic E-state index is 0.0939. The van der Waals surface area contributed by atoms with Gasteiger partial charge in [0, 0.05) is 31.7 Å². The maximum absolute atomic E-state index is 14.0. The summed E-state index contributed by atoms with van der Waals surface area (Å²) < 4.78 is 52.7. The summed E-state index contributed by atoms with van der Waals surface area (Å²) >= 11 is 5.93. The fourth-order valence-electron chi connectivity index (χ4n) is 4.72. The highest BCUT2D eigenvalue weighted by molar-refractivity contribution is 6.30. The van der Waals surface area contributed by atoms with Crippen molar-refractivity contribution in [3.8, 4) is 0 Å². The van der Waals surface area contributed by atoms with Gasteiger partial charge in [-0.15, -0.1) is 0 Å². The Labute approximate surface area is 220 Å². The standard InChI is InChI=1S/C25H23ClF4N4O4/c1-32-22(37)24(34(23(32)38)14-15-2-5-17(26)6-3-15)8-10-33(11-9-24)20(35)13-31-21(36)18-12-16(25(28,29)30)4-7-19(18)27/h2-7,12H,8-11,13-14H2,1H3,(H,31,36). The van der Waals surface area contributed by atoms with Gasteiger partial charge in [-0.25, -0.2) is 9.18 Å². The van der Waals surface area contributed by atoms with E-state index in [1.165, 1.54) is 16.8 Å². The fourth-order valence-corrected chi connectivity index (χ4v) is 4.84. The van der Waals surface area contributed by atoms with Gasteiger partial charge >= 0.3 is 12.2 Å². The number of imide groups is 1. The van der Waals surface area contributed by atoms with Crippen molar-refractivity contribution in [2.45, 2.75) is 31.1 Å². The van der Waals surface area contributed by atoms with E-state index in [0.29, 0.717) is 23.2 Å². The minimum atomic E-state index is -4.77. The highest BCUT2D eigenvalue weighted by atomic mass is 35.5. The molecule has 0 atom stereocenters. The smallest absolute Gasteiger partial charge is 0.343 e. The van der Waals surface area contributed by atoms with E-state index < -0.39 is 53.0 Å². The summed E-state index contributed by atoms with van der Waals surface area (Å²) in [5.74, 6) is -3.26. The van der Waals surface area contributed by atoms with Crippen LogP contribution in [0.15, 0.2) is 42.5 Å². The van der Waals surface area contributed by atoms with E-state index in [2.05, 4.69) is 5.32 Å². The van der Waals surface area contributed by atoms with Gasteiger partial charge in [0.25, 0.3) is 11.8 Å². The second-order valence-electron chi connectivity index (χ2n) is 9.15. The topological polar surface area (TPSA) is 90.0 Å². The molecule has 2 aliphatic rings. The zero-order chi connectivity index (χ0) is 27.8. The molecule has 0 bridgehead atoms. The maximum atomic E-state index is 14.0. The summed E-state index contributed by atoms with van der Waals surface area (Å²) in [4.78, 5) is 54.9. The molecule has 1 spiro atoms. The van der Waals surface area contributed by atoms with Crippen LogP contribution < -0.4 is 5.32 Å². The Morgan fingerprint density at radius 1 is 1.05 bits per heavy atom. The summed E-state index contributed by atoms with van der Waals surface area (Å²) in [6.45, 7) is -0.228. The molecule has 4 rings (SSSR count). The molecule has 0 unspecified atom stereocenters. The van der Waals surface area contributed by atoms with E-state index in [0.717, 1.165) is 10.5 Å². The molecule has 38 heavy (non-hydrogen) atoms. The highest BCUT2D eigenvalue weighted by Gasteiger charge is 2.57. The number of hydrogen-bond acceptors (Lipinski definition) is 4. The van der Waals surface area contributed by atoms with Crippen LogP contribution in [-0.4, -0.2) is 70.7 Å². The predicted octanol–water partition coefficient (Wildman–Crippen LogP) is 3.68. The van der Waals surface area contributed by atoms with E-state index in [9.17, 15) is 36.7 Å². The molecular formula is C25H23ClF4N4O4. The van der Waals surface area contributed by atoms with Gasteiger partial charge in [-0.2, -0.15) is 13.2 Å². The summed E-state index contributed by atoms with van der Waals surface area (Å²) in [6, 6.07) is 7.84. The number of carbonyl (C=O) groups excluding carboxylic acids is 4. The number of benzene rings is 2. The van der Waals surface area contributed by atoms with E-state index in [-0.39, 0.29) is 38.4 Å². The molecule has 2 fully saturated rings. The third-order valence-corrected chi connectivity index (χ3v) is 7.12. The number of hydrogen-bond donors (Lipinski definition) is 1. The molecule has 2 aromatic carbocycles. The molecule has 2 aliphatic heterocycles. The van der Waals surface area contributed by atoms with Crippen LogP contribution in [0.4, 0.5) is 22.4 Å². The second-order valence-corrected chi connectivity index (χ2v) is 9.58. The number of rotatable bonds is 5. The van der Waals surface area contributed by atoms with Crippen LogP contribution >= 0.6 is 11.6 Å². The lowest BCUT2D eigenvalue weighted by atomic mass is 9.85. The molecule has 1 N–H and O–H groups in total. The van der Waals surface area contributed by atoms with Crippen molar-refractivity contribution in [2.75, 3.05) is 26.7 Å². The van der Waals surface area contributed by atoms with Crippen LogP contribution in [0.5, 0.6) is 0 Å². The number of piperidine rings is 1. The van der Waals surface area contributed by atoms with Crippen molar-refractivity contribution in [3.63, 3.8) is 0 Å². The largest absolute Gasteiger partial charge is 0.416 e. The van der Waals surface area contributed by atoms with Crippen LogP contribution in [0.1, 0.15) is 34.3 Å². The van der Waals surface area contributed by atoms with Crippen LogP contribution in [0, 0.1) is 5.82 Å². The monoisotopic (exact) mass is 554 g/mol. The van der Waals surface area contributed by atoms with Gasteiger partial charge < -0.3 is 15.1 Å². The molecule has 2 aromatic rings. The van der Waals surface area contributed by atoms with Gasteiger partial charge in [-0.05, 0) is 48.7 Å². The normalized spacial score (nSPS) is 17.4. The number of halogens is 5. The highest BCUT2D eigenvalue weighted by Crippen LogP contribution is 2.38. The average molecular weight is 555 g/mol. The predicted molar refractivity (Wildman–Crippen MR) is 127 cm³/mol. The van der Waals surface area contributed by atoms with E-state index in [1.54, 1.807) is 24.3 Å². The number of nitrogens with one attached hydrogen (secondary N) is 1. The first-order chi connectivity index (χ1) is 17.8. The van der Waals surface area contributed by atoms with Crippen molar-refractivity contribution in [1.29, 1.82) is 0 Å². The quantitative estimate of drug-likeness (QED) is 0.451. The van der Waals surface area contributed by atoms with E-state index in [4.69, 9.17) is 11.6 Å². The number of amides is 5. The molecule has 5 amide bonds. The van der Waals surface area contributed by atoms with Gasteiger partial charge in [0.05, 0.1) is 17.7 Å². The number of nitrogens with zero attached hydrogens (tertiary/aromatic N) is 3. The number of carbonyl (C=O) groups is 4. The Kier molecular flexibility index (Phi) is 7.37. The third kappa shape index (κ3) is 5.17. The minimum Gasteiger partial charge on any atom is -0.343 e. The summed E-state index contributed by atoms with van der Waals surface area (Å²) in [5.41, 5.74) is -2.40. The van der Waals surface area contributed by atoms with Crippen molar-refractivity contribution in [3.05, 3.63) is 70.0 Å². The van der Waals surface area contributed by atoms with Crippen LogP contribution in [-0.2, 0) is 22.3 Å². The van der Waals surface area contributed by atoms with Crippen molar-refractivity contribution in [1.82, 2.24) is 20.0 Å². The Bertz CT molecular complexity index is 1280. The van der Waals surface area contributed by atoms with Crippen molar-refractivity contribution < 1.29 is 36.7 Å². The third-order valence-electron chi connectivity index (χ3n) is 6.87. The van der Waals surface area contributed by atoms with E-state index >= 15 is 0 Å². The molecule has 2 saturated heterocycles. The first-order valence-electron chi connectivity index (χ1n) is 11.6. The summed E-state index contributed by atoms with van der Waals surface area (Å²) in [7, 11) is 1.40. The van der Waals surface area contributed by atoms with Gasteiger partial charge in [0.15, 0.2) is 0 Å². The molecule has 0 radical (unpaired) electrons. The Balaban J connectivity index is 1.40. The zero-order valence-corrected chi connectivity index (χ0v) is 20.9. The van der Waals surface area contributed by atoms with Gasteiger partial charge in [-0.1, -0.05) is 23.7 Å².